The van der Waals surface area contributed by atoms with E-state index in [1.165, 1.54) is 18.4 Å². The molecule has 5 nitrogen and oxygen atoms in total. The number of carbonyl (C=O) groups excluding carboxylic acids is 1. The van der Waals surface area contributed by atoms with E-state index in [0.717, 1.165) is 18.7 Å². The number of benzene rings is 1. The molecule has 1 amide bonds. The number of carbonyl (C=O) groups is 1. The quantitative estimate of drug-likeness (QED) is 0.919. The lowest BCUT2D eigenvalue weighted by molar-refractivity contribution is 0.0671. The predicted molar refractivity (Wildman–Crippen MR) is 91.7 cm³/mol. The Morgan fingerprint density at radius 2 is 2.00 bits per heavy atom. The first-order valence-electron chi connectivity index (χ1n) is 8.63. The molecule has 24 heavy (non-hydrogen) atoms. The third kappa shape index (κ3) is 3.17. The Balaban J connectivity index is 1.31. The first-order valence-corrected chi connectivity index (χ1v) is 8.63. The zero-order valence-corrected chi connectivity index (χ0v) is 13.9. The van der Waals surface area contributed by atoms with Gasteiger partial charge in [-0.15, -0.1) is 5.10 Å². The van der Waals surface area contributed by atoms with Crippen molar-refractivity contribution in [3.8, 4) is 0 Å². The Morgan fingerprint density at radius 3 is 2.71 bits per heavy atom. The molecule has 5 heteroatoms. The highest BCUT2D eigenvalue weighted by molar-refractivity contribution is 5.92. The number of nitrogens with one attached hydrogen (secondary N) is 1. The summed E-state index contributed by atoms with van der Waals surface area (Å²) in [6, 6.07) is 12.9. The zero-order chi connectivity index (χ0) is 16.5. The molecule has 4 rings (SSSR count). The molecule has 0 spiro atoms. The van der Waals surface area contributed by atoms with Gasteiger partial charge >= 0.3 is 0 Å². The Kier molecular flexibility index (Phi) is 4.02. The molecule has 2 heterocycles. The Morgan fingerprint density at radius 1 is 1.25 bits per heavy atom. The van der Waals surface area contributed by atoms with Crippen LogP contribution in [0.1, 0.15) is 53.3 Å². The number of hydrogen-bond acceptors (Lipinski definition) is 4. The number of likely N-dealkylation sites (tertiary alicyclic amines) is 1. The highest BCUT2D eigenvalue weighted by Gasteiger charge is 2.32. The maximum absolute atomic E-state index is 12.4. The van der Waals surface area contributed by atoms with Crippen molar-refractivity contribution < 1.29 is 4.79 Å². The third-order valence-corrected chi connectivity index (χ3v) is 5.03. The monoisotopic (exact) mass is 322 g/mol. The minimum atomic E-state index is -0.109. The van der Waals surface area contributed by atoms with Gasteiger partial charge in [-0.3, -0.25) is 9.69 Å². The molecule has 1 aliphatic heterocycles. The Bertz CT molecular complexity index is 723. The van der Waals surface area contributed by atoms with E-state index in [9.17, 15) is 4.79 Å². The molecule has 0 radical (unpaired) electrons. The number of hydrogen-bond donors (Lipinski definition) is 1. The van der Waals surface area contributed by atoms with E-state index in [1.807, 2.05) is 12.1 Å². The summed E-state index contributed by atoms with van der Waals surface area (Å²) < 4.78 is 0. The van der Waals surface area contributed by atoms with Crippen LogP contribution in [0.25, 0.3) is 0 Å². The van der Waals surface area contributed by atoms with E-state index in [-0.39, 0.29) is 11.9 Å². The topological polar surface area (TPSA) is 58.1 Å². The van der Waals surface area contributed by atoms with Gasteiger partial charge in [0.1, 0.15) is 0 Å². The molecule has 2 aromatic rings. The minimum Gasteiger partial charge on any atom is -0.345 e. The summed E-state index contributed by atoms with van der Waals surface area (Å²) in [5.41, 5.74) is 2.89. The lowest BCUT2D eigenvalue weighted by atomic mass is 10.0. The molecule has 1 aliphatic carbocycles. The van der Waals surface area contributed by atoms with Gasteiger partial charge in [-0.2, -0.15) is 5.10 Å². The van der Waals surface area contributed by atoms with E-state index in [2.05, 4.69) is 51.6 Å². The van der Waals surface area contributed by atoms with Gasteiger partial charge in [0.15, 0.2) is 5.69 Å². The van der Waals surface area contributed by atoms with E-state index in [4.69, 9.17) is 0 Å². The first-order chi connectivity index (χ1) is 11.7. The molecule has 1 saturated carbocycles. The summed E-state index contributed by atoms with van der Waals surface area (Å²) in [4.78, 5) is 14.7. The predicted octanol–water partition coefficient (Wildman–Crippen LogP) is 2.53. The molecular weight excluding hydrogens is 300 g/mol. The molecule has 1 aromatic carbocycles. The van der Waals surface area contributed by atoms with Crippen LogP contribution in [0.5, 0.6) is 0 Å². The zero-order valence-electron chi connectivity index (χ0n) is 13.9. The normalized spacial score (nSPS) is 19.5. The fraction of sp³-hybridized carbons (Fsp3) is 0.421. The van der Waals surface area contributed by atoms with Crippen molar-refractivity contribution >= 4 is 5.91 Å². The number of nitrogens with zero attached hydrogens (tertiary/aromatic N) is 3. The fourth-order valence-corrected chi connectivity index (χ4v) is 3.25. The highest BCUT2D eigenvalue weighted by Crippen LogP contribution is 2.39. The lowest BCUT2D eigenvalue weighted by Crippen LogP contribution is -2.59. The van der Waals surface area contributed by atoms with Crippen LogP contribution >= 0.6 is 0 Å². The van der Waals surface area contributed by atoms with Gasteiger partial charge in [0, 0.05) is 19.1 Å². The second kappa shape index (κ2) is 6.32. The molecule has 0 unspecified atom stereocenters. The van der Waals surface area contributed by atoms with E-state index in [1.54, 1.807) is 6.20 Å². The SMILES string of the molecule is C[C@H](c1ccccc1)N1CC(NC(=O)c2cc(C3CC3)cnn2)C1. The molecule has 2 aliphatic rings. The molecule has 2 fully saturated rings. The van der Waals surface area contributed by atoms with Gasteiger partial charge in [-0.1, -0.05) is 30.3 Å². The van der Waals surface area contributed by atoms with Crippen molar-refractivity contribution in [1.82, 2.24) is 20.4 Å². The lowest BCUT2D eigenvalue weighted by Gasteiger charge is -2.43. The number of aromatic nitrogens is 2. The standard InChI is InChI=1S/C19H22N4O/c1-13(14-5-3-2-4-6-14)23-11-17(12-23)21-19(24)18-9-16(10-20-22-18)15-7-8-15/h2-6,9-10,13,15,17H,7-8,11-12H2,1H3,(H,21,24)/t13-/m1/s1. The number of amides is 1. The van der Waals surface area contributed by atoms with Crippen LogP contribution in [-0.2, 0) is 0 Å². The second-order valence-electron chi connectivity index (χ2n) is 6.86. The van der Waals surface area contributed by atoms with Gasteiger partial charge in [-0.25, -0.2) is 0 Å². The molecule has 1 saturated heterocycles. The summed E-state index contributed by atoms with van der Waals surface area (Å²) in [7, 11) is 0. The Labute approximate surface area is 142 Å². The van der Waals surface area contributed by atoms with E-state index in [0.29, 0.717) is 17.7 Å². The van der Waals surface area contributed by atoms with Gasteiger partial charge in [0.05, 0.1) is 12.2 Å². The van der Waals surface area contributed by atoms with Crippen LogP contribution in [0.4, 0.5) is 0 Å². The van der Waals surface area contributed by atoms with Crippen LogP contribution in [0, 0.1) is 0 Å². The smallest absolute Gasteiger partial charge is 0.272 e. The van der Waals surface area contributed by atoms with Gasteiger partial charge in [0.2, 0.25) is 0 Å². The van der Waals surface area contributed by atoms with Crippen LogP contribution in [0.3, 0.4) is 0 Å². The van der Waals surface area contributed by atoms with Crippen molar-refractivity contribution in [2.24, 2.45) is 0 Å². The summed E-state index contributed by atoms with van der Waals surface area (Å²) >= 11 is 0. The number of rotatable bonds is 5. The molecule has 1 aromatic heterocycles. The van der Waals surface area contributed by atoms with Crippen molar-refractivity contribution in [2.45, 2.75) is 37.8 Å². The third-order valence-electron chi connectivity index (χ3n) is 5.03. The Hall–Kier alpha value is -2.27. The van der Waals surface area contributed by atoms with Crippen LogP contribution in [-0.4, -0.2) is 40.1 Å². The van der Waals surface area contributed by atoms with Crippen LogP contribution in [0.2, 0.25) is 0 Å². The molecule has 0 bridgehead atoms. The average molecular weight is 322 g/mol. The first kappa shape index (κ1) is 15.3. The van der Waals surface area contributed by atoms with Gasteiger partial charge in [-0.05, 0) is 42.9 Å². The maximum Gasteiger partial charge on any atom is 0.272 e. The minimum absolute atomic E-state index is 0.109. The molecule has 124 valence electrons. The van der Waals surface area contributed by atoms with Crippen LogP contribution < -0.4 is 5.32 Å². The van der Waals surface area contributed by atoms with E-state index >= 15 is 0 Å². The van der Waals surface area contributed by atoms with Gasteiger partial charge < -0.3 is 5.32 Å². The molecule has 1 atom stereocenters. The average Bonchev–Trinajstić information content (AvgIpc) is 3.43. The summed E-state index contributed by atoms with van der Waals surface area (Å²) in [6.45, 7) is 3.95. The van der Waals surface area contributed by atoms with Gasteiger partial charge in [0.25, 0.3) is 5.91 Å². The van der Waals surface area contributed by atoms with Crippen molar-refractivity contribution in [2.75, 3.05) is 13.1 Å². The molecule has 1 N–H and O–H groups in total. The molecular formula is C19H22N4O. The van der Waals surface area contributed by atoms with Crippen molar-refractivity contribution in [3.63, 3.8) is 0 Å². The van der Waals surface area contributed by atoms with Crippen LogP contribution in [0.15, 0.2) is 42.6 Å². The summed E-state index contributed by atoms with van der Waals surface area (Å²) in [5.74, 6) is 0.472. The maximum atomic E-state index is 12.4. The summed E-state index contributed by atoms with van der Waals surface area (Å²) in [5, 5.41) is 11.0. The van der Waals surface area contributed by atoms with E-state index < -0.39 is 0 Å². The largest absolute Gasteiger partial charge is 0.345 e. The summed E-state index contributed by atoms with van der Waals surface area (Å²) in [6.07, 6.45) is 4.17. The second-order valence-corrected chi connectivity index (χ2v) is 6.86. The van der Waals surface area contributed by atoms with Crippen molar-refractivity contribution in [3.05, 3.63) is 59.4 Å². The fourth-order valence-electron chi connectivity index (χ4n) is 3.25. The van der Waals surface area contributed by atoms with Crippen molar-refractivity contribution in [1.29, 1.82) is 0 Å². The highest BCUT2D eigenvalue weighted by atomic mass is 16.2.